The van der Waals surface area contributed by atoms with Crippen LogP contribution >= 0.6 is 12.4 Å². The Bertz CT molecular complexity index is 332. The van der Waals surface area contributed by atoms with Crippen LogP contribution in [-0.2, 0) is 4.74 Å². The molecule has 1 N–H and O–H groups in total. The van der Waals surface area contributed by atoms with E-state index in [1.165, 1.54) is 24.5 Å². The first-order valence-electron chi connectivity index (χ1n) is 3.88. The number of halogens is 4. The third-order valence-electron chi connectivity index (χ3n) is 1.29. The van der Waals surface area contributed by atoms with E-state index in [1.807, 2.05) is 0 Å². The van der Waals surface area contributed by atoms with Crippen LogP contribution in [0, 0.1) is 0 Å². The molecule has 1 rings (SSSR count). The standard InChI is InChI=1S/C8H7F3N2O2.ClH/c9-8(10,11)5-15-7(14)13-6-1-3-12-4-2-6;/h1-4H,5H2,(H,12,13,14);1H. The maximum atomic E-state index is 11.6. The van der Waals surface area contributed by atoms with E-state index in [0.717, 1.165) is 0 Å². The van der Waals surface area contributed by atoms with E-state index in [0.29, 0.717) is 5.69 Å². The van der Waals surface area contributed by atoms with Crippen molar-refractivity contribution in [1.82, 2.24) is 4.98 Å². The average molecular weight is 257 g/mol. The quantitative estimate of drug-likeness (QED) is 0.885. The van der Waals surface area contributed by atoms with Gasteiger partial charge in [0.2, 0.25) is 0 Å². The van der Waals surface area contributed by atoms with E-state index in [1.54, 1.807) is 0 Å². The second-order valence-electron chi connectivity index (χ2n) is 2.55. The van der Waals surface area contributed by atoms with Gasteiger partial charge in [0.25, 0.3) is 0 Å². The van der Waals surface area contributed by atoms with Crippen LogP contribution < -0.4 is 5.32 Å². The molecule has 0 aliphatic carbocycles. The summed E-state index contributed by atoms with van der Waals surface area (Å²) in [6.45, 7) is -1.61. The van der Waals surface area contributed by atoms with Crippen molar-refractivity contribution in [3.8, 4) is 0 Å². The molecule has 1 heterocycles. The van der Waals surface area contributed by atoms with E-state index in [4.69, 9.17) is 0 Å². The number of aromatic nitrogens is 1. The number of anilines is 1. The normalized spacial score (nSPS) is 10.2. The van der Waals surface area contributed by atoms with Gasteiger partial charge >= 0.3 is 12.3 Å². The Hall–Kier alpha value is -1.50. The van der Waals surface area contributed by atoms with Crippen molar-refractivity contribution in [3.63, 3.8) is 0 Å². The van der Waals surface area contributed by atoms with E-state index in [-0.39, 0.29) is 12.4 Å². The van der Waals surface area contributed by atoms with Crippen molar-refractivity contribution in [2.75, 3.05) is 11.9 Å². The van der Waals surface area contributed by atoms with Gasteiger partial charge in [-0.15, -0.1) is 12.4 Å². The molecule has 16 heavy (non-hydrogen) atoms. The summed E-state index contributed by atoms with van der Waals surface area (Å²) in [6, 6.07) is 2.85. The van der Waals surface area contributed by atoms with Crippen molar-refractivity contribution in [3.05, 3.63) is 24.5 Å². The van der Waals surface area contributed by atoms with E-state index in [2.05, 4.69) is 15.0 Å². The molecule has 90 valence electrons. The summed E-state index contributed by atoms with van der Waals surface area (Å²) in [5.74, 6) is 0. The number of rotatable bonds is 2. The molecule has 0 atom stereocenters. The van der Waals surface area contributed by atoms with Gasteiger partial charge in [0.05, 0.1) is 0 Å². The number of ether oxygens (including phenoxy) is 1. The monoisotopic (exact) mass is 256 g/mol. The fourth-order valence-electron chi connectivity index (χ4n) is 0.737. The van der Waals surface area contributed by atoms with Crippen LogP contribution in [0.2, 0.25) is 0 Å². The lowest BCUT2D eigenvalue weighted by atomic mass is 10.4. The first-order chi connectivity index (χ1) is 6.97. The molecule has 1 amide bonds. The minimum absolute atomic E-state index is 0. The molecule has 0 radical (unpaired) electrons. The van der Waals surface area contributed by atoms with Gasteiger partial charge in [-0.05, 0) is 12.1 Å². The predicted octanol–water partition coefficient (Wildman–Crippen LogP) is 2.61. The third kappa shape index (κ3) is 6.07. The molecule has 0 bridgehead atoms. The molecule has 0 aromatic carbocycles. The van der Waals surface area contributed by atoms with Crippen molar-refractivity contribution < 1.29 is 22.7 Å². The van der Waals surface area contributed by atoms with Gasteiger partial charge in [0.1, 0.15) is 0 Å². The van der Waals surface area contributed by atoms with Crippen LogP contribution in [0.15, 0.2) is 24.5 Å². The van der Waals surface area contributed by atoms with Crippen LogP contribution in [0.5, 0.6) is 0 Å². The predicted molar refractivity (Wildman–Crippen MR) is 52.5 cm³/mol. The number of carbonyl (C=O) groups is 1. The first kappa shape index (κ1) is 14.5. The molecule has 0 saturated carbocycles. The number of alkyl halides is 3. The molecular weight excluding hydrogens is 249 g/mol. The Kier molecular flexibility index (Phi) is 5.59. The van der Waals surface area contributed by atoms with Crippen molar-refractivity contribution in [2.24, 2.45) is 0 Å². The summed E-state index contributed by atoms with van der Waals surface area (Å²) in [5, 5.41) is 2.11. The highest BCUT2D eigenvalue weighted by atomic mass is 35.5. The molecule has 4 nitrogen and oxygen atoms in total. The maximum absolute atomic E-state index is 11.6. The van der Waals surface area contributed by atoms with Crippen LogP contribution in [0.1, 0.15) is 0 Å². The van der Waals surface area contributed by atoms with Gasteiger partial charge < -0.3 is 4.74 Å². The first-order valence-corrected chi connectivity index (χ1v) is 3.88. The highest BCUT2D eigenvalue weighted by molar-refractivity contribution is 5.85. The fourth-order valence-corrected chi connectivity index (χ4v) is 0.737. The van der Waals surface area contributed by atoms with Crippen molar-refractivity contribution >= 4 is 24.2 Å². The molecule has 0 saturated heterocycles. The van der Waals surface area contributed by atoms with Crippen LogP contribution in [-0.4, -0.2) is 23.9 Å². The Labute approximate surface area is 95.2 Å². The maximum Gasteiger partial charge on any atom is 0.422 e. The highest BCUT2D eigenvalue weighted by Gasteiger charge is 2.29. The Morgan fingerprint density at radius 3 is 2.44 bits per heavy atom. The van der Waals surface area contributed by atoms with Crippen LogP contribution in [0.25, 0.3) is 0 Å². The number of hydrogen-bond donors (Lipinski definition) is 1. The number of nitrogens with zero attached hydrogens (tertiary/aromatic N) is 1. The SMILES string of the molecule is Cl.O=C(Nc1ccncc1)OCC(F)(F)F. The zero-order valence-electron chi connectivity index (χ0n) is 7.82. The molecule has 0 aliphatic heterocycles. The molecule has 0 unspecified atom stereocenters. The van der Waals surface area contributed by atoms with Crippen molar-refractivity contribution in [2.45, 2.75) is 6.18 Å². The lowest BCUT2D eigenvalue weighted by Crippen LogP contribution is -2.23. The van der Waals surface area contributed by atoms with E-state index in [9.17, 15) is 18.0 Å². The number of carbonyl (C=O) groups excluding carboxylic acids is 1. The van der Waals surface area contributed by atoms with Gasteiger partial charge in [-0.1, -0.05) is 0 Å². The number of pyridine rings is 1. The lowest BCUT2D eigenvalue weighted by molar-refractivity contribution is -0.159. The zero-order valence-corrected chi connectivity index (χ0v) is 8.64. The Balaban J connectivity index is 0.00000225. The molecule has 1 aromatic heterocycles. The minimum Gasteiger partial charge on any atom is -0.440 e. The van der Waals surface area contributed by atoms with Gasteiger partial charge in [-0.25, -0.2) is 4.79 Å². The molecule has 0 fully saturated rings. The minimum atomic E-state index is -4.52. The average Bonchev–Trinajstić information content (AvgIpc) is 2.15. The number of hydrogen-bond acceptors (Lipinski definition) is 3. The molecule has 1 aromatic rings. The topological polar surface area (TPSA) is 51.2 Å². The van der Waals surface area contributed by atoms with Crippen LogP contribution in [0.3, 0.4) is 0 Å². The third-order valence-corrected chi connectivity index (χ3v) is 1.29. The molecular formula is C8H8ClF3N2O2. The summed E-state index contributed by atoms with van der Waals surface area (Å²) >= 11 is 0. The van der Waals surface area contributed by atoms with E-state index < -0.39 is 18.9 Å². The number of nitrogens with one attached hydrogen (secondary N) is 1. The second-order valence-corrected chi connectivity index (χ2v) is 2.55. The molecule has 0 aliphatic rings. The van der Waals surface area contributed by atoms with Gasteiger partial charge in [-0.2, -0.15) is 13.2 Å². The molecule has 8 heteroatoms. The zero-order chi connectivity index (χ0) is 11.3. The largest absolute Gasteiger partial charge is 0.440 e. The lowest BCUT2D eigenvalue weighted by Gasteiger charge is -2.08. The van der Waals surface area contributed by atoms with Crippen molar-refractivity contribution in [1.29, 1.82) is 0 Å². The fraction of sp³-hybridized carbons (Fsp3) is 0.250. The van der Waals surface area contributed by atoms with Crippen LogP contribution in [0.4, 0.5) is 23.7 Å². The van der Waals surface area contributed by atoms with Gasteiger partial charge in [0.15, 0.2) is 6.61 Å². The van der Waals surface area contributed by atoms with E-state index >= 15 is 0 Å². The summed E-state index contributed by atoms with van der Waals surface area (Å²) in [4.78, 5) is 14.5. The Morgan fingerprint density at radius 1 is 1.38 bits per heavy atom. The highest BCUT2D eigenvalue weighted by Crippen LogP contribution is 2.15. The van der Waals surface area contributed by atoms with Gasteiger partial charge in [0, 0.05) is 18.1 Å². The Morgan fingerprint density at radius 2 is 1.94 bits per heavy atom. The van der Waals surface area contributed by atoms with Gasteiger partial charge in [-0.3, -0.25) is 10.3 Å². The summed E-state index contributed by atoms with van der Waals surface area (Å²) < 4.78 is 38.8. The summed E-state index contributed by atoms with van der Waals surface area (Å²) in [5.41, 5.74) is 0.317. The summed E-state index contributed by atoms with van der Waals surface area (Å²) in [6.07, 6.45) is -2.90. The number of amides is 1. The smallest absolute Gasteiger partial charge is 0.422 e. The summed E-state index contributed by atoms with van der Waals surface area (Å²) in [7, 11) is 0. The second kappa shape index (κ2) is 6.16. The molecule has 0 spiro atoms.